The minimum Gasteiger partial charge on any atom is -0.496 e. The van der Waals surface area contributed by atoms with E-state index < -0.39 is 11.9 Å². The van der Waals surface area contributed by atoms with Gasteiger partial charge in [0.1, 0.15) is 17.7 Å². The maximum atomic E-state index is 13.2. The summed E-state index contributed by atoms with van der Waals surface area (Å²) in [5, 5.41) is 10.3. The molecule has 0 aromatic heterocycles. The van der Waals surface area contributed by atoms with Gasteiger partial charge in [0, 0.05) is 10.0 Å². The van der Waals surface area contributed by atoms with E-state index in [1.807, 2.05) is 12.1 Å². The average molecular weight is 311 g/mol. The standard InChI is InChI=1S/C14H12BrFO2/c1-18-13-7-6-11(16)8-12(13)14(17)9-2-4-10(15)5-3-9/h2-8,14,17H,1H3/t14-/m1/s1. The van der Waals surface area contributed by atoms with Crippen molar-refractivity contribution >= 4 is 15.9 Å². The molecule has 0 saturated carbocycles. The quantitative estimate of drug-likeness (QED) is 0.937. The van der Waals surface area contributed by atoms with Crippen LogP contribution in [0.2, 0.25) is 0 Å². The second-order valence-electron chi connectivity index (χ2n) is 3.84. The van der Waals surface area contributed by atoms with Crippen molar-refractivity contribution in [3.63, 3.8) is 0 Å². The lowest BCUT2D eigenvalue weighted by Crippen LogP contribution is -2.03. The molecule has 0 unspecified atom stereocenters. The van der Waals surface area contributed by atoms with Crippen molar-refractivity contribution in [3.05, 3.63) is 63.9 Å². The maximum absolute atomic E-state index is 13.2. The first-order valence-corrected chi connectivity index (χ1v) is 6.18. The highest BCUT2D eigenvalue weighted by molar-refractivity contribution is 9.10. The number of halogens is 2. The van der Waals surface area contributed by atoms with Crippen LogP contribution in [-0.4, -0.2) is 12.2 Å². The highest BCUT2D eigenvalue weighted by atomic mass is 79.9. The third-order valence-corrected chi connectivity index (χ3v) is 3.20. The number of hydrogen-bond donors (Lipinski definition) is 1. The SMILES string of the molecule is COc1ccc(F)cc1[C@H](O)c1ccc(Br)cc1. The molecule has 94 valence electrons. The van der Waals surface area contributed by atoms with Gasteiger partial charge in [-0.25, -0.2) is 4.39 Å². The van der Waals surface area contributed by atoms with Crippen LogP contribution in [0.1, 0.15) is 17.2 Å². The van der Waals surface area contributed by atoms with Crippen molar-refractivity contribution in [2.24, 2.45) is 0 Å². The van der Waals surface area contributed by atoms with E-state index in [1.54, 1.807) is 12.1 Å². The van der Waals surface area contributed by atoms with Crippen molar-refractivity contribution in [1.29, 1.82) is 0 Å². The zero-order chi connectivity index (χ0) is 13.1. The number of ether oxygens (including phenoxy) is 1. The summed E-state index contributed by atoms with van der Waals surface area (Å²) in [5.74, 6) is 0.0637. The Labute approximate surface area is 113 Å². The molecule has 2 rings (SSSR count). The first-order chi connectivity index (χ1) is 8.61. The van der Waals surface area contributed by atoms with Crippen molar-refractivity contribution in [2.45, 2.75) is 6.10 Å². The fourth-order valence-corrected chi connectivity index (χ4v) is 2.01. The van der Waals surface area contributed by atoms with Gasteiger partial charge < -0.3 is 9.84 Å². The van der Waals surface area contributed by atoms with Crippen LogP contribution in [0.25, 0.3) is 0 Å². The molecule has 0 spiro atoms. The highest BCUT2D eigenvalue weighted by Crippen LogP contribution is 2.31. The Bertz CT molecular complexity index is 540. The summed E-state index contributed by atoms with van der Waals surface area (Å²) in [6, 6.07) is 11.3. The molecule has 0 bridgehead atoms. The van der Waals surface area contributed by atoms with E-state index in [-0.39, 0.29) is 0 Å². The number of methoxy groups -OCH3 is 1. The molecule has 2 nitrogen and oxygen atoms in total. The van der Waals surface area contributed by atoms with Crippen LogP contribution in [0.5, 0.6) is 5.75 Å². The maximum Gasteiger partial charge on any atom is 0.125 e. The normalized spacial score (nSPS) is 12.2. The van der Waals surface area contributed by atoms with Gasteiger partial charge in [-0.15, -0.1) is 0 Å². The topological polar surface area (TPSA) is 29.5 Å². The molecule has 1 N–H and O–H groups in total. The predicted molar refractivity (Wildman–Crippen MR) is 71.2 cm³/mol. The monoisotopic (exact) mass is 310 g/mol. The average Bonchev–Trinajstić information content (AvgIpc) is 2.39. The minimum absolute atomic E-state index is 0.401. The molecular formula is C14H12BrFO2. The number of rotatable bonds is 3. The molecule has 0 heterocycles. The van der Waals surface area contributed by atoms with Gasteiger partial charge in [0.05, 0.1) is 7.11 Å². The Morgan fingerprint density at radius 3 is 2.44 bits per heavy atom. The number of hydrogen-bond acceptors (Lipinski definition) is 2. The lowest BCUT2D eigenvalue weighted by molar-refractivity contribution is 0.214. The third kappa shape index (κ3) is 2.71. The van der Waals surface area contributed by atoms with Crippen LogP contribution in [0, 0.1) is 5.82 Å². The fourth-order valence-electron chi connectivity index (χ4n) is 1.74. The summed E-state index contributed by atoms with van der Waals surface area (Å²) in [6.07, 6.45) is -0.913. The molecule has 2 aromatic rings. The molecule has 18 heavy (non-hydrogen) atoms. The van der Waals surface area contributed by atoms with Crippen LogP contribution in [0.4, 0.5) is 4.39 Å². The molecule has 0 radical (unpaired) electrons. The lowest BCUT2D eigenvalue weighted by Gasteiger charge is -2.15. The smallest absolute Gasteiger partial charge is 0.125 e. The third-order valence-electron chi connectivity index (χ3n) is 2.67. The molecule has 0 aliphatic carbocycles. The number of aliphatic hydroxyl groups is 1. The minimum atomic E-state index is -0.913. The van der Waals surface area contributed by atoms with Crippen LogP contribution in [0.15, 0.2) is 46.9 Å². The molecule has 0 fully saturated rings. The highest BCUT2D eigenvalue weighted by Gasteiger charge is 2.16. The Morgan fingerprint density at radius 2 is 1.83 bits per heavy atom. The molecule has 2 aromatic carbocycles. The Hall–Kier alpha value is -1.39. The van der Waals surface area contributed by atoms with Crippen LogP contribution >= 0.6 is 15.9 Å². The summed E-state index contributed by atoms with van der Waals surface area (Å²) in [7, 11) is 1.49. The summed E-state index contributed by atoms with van der Waals surface area (Å²) < 4.78 is 19.3. The Morgan fingerprint density at radius 1 is 1.17 bits per heavy atom. The van der Waals surface area contributed by atoms with E-state index in [2.05, 4.69) is 15.9 Å². The zero-order valence-corrected chi connectivity index (χ0v) is 11.3. The van der Waals surface area contributed by atoms with Crippen LogP contribution in [-0.2, 0) is 0 Å². The molecule has 0 aliphatic heterocycles. The fraction of sp³-hybridized carbons (Fsp3) is 0.143. The van der Waals surface area contributed by atoms with Gasteiger partial charge in [0.25, 0.3) is 0 Å². The van der Waals surface area contributed by atoms with Gasteiger partial charge in [-0.05, 0) is 35.9 Å². The zero-order valence-electron chi connectivity index (χ0n) is 9.73. The van der Waals surface area contributed by atoms with E-state index in [4.69, 9.17) is 4.74 Å². The second kappa shape index (κ2) is 5.50. The van der Waals surface area contributed by atoms with Crippen molar-refractivity contribution < 1.29 is 14.2 Å². The van der Waals surface area contributed by atoms with E-state index in [0.29, 0.717) is 16.9 Å². The summed E-state index contributed by atoms with van der Waals surface area (Å²) in [4.78, 5) is 0. The molecule has 0 amide bonds. The van der Waals surface area contributed by atoms with E-state index in [1.165, 1.54) is 25.3 Å². The van der Waals surface area contributed by atoms with Gasteiger partial charge in [-0.3, -0.25) is 0 Å². The van der Waals surface area contributed by atoms with Crippen molar-refractivity contribution in [1.82, 2.24) is 0 Å². The van der Waals surface area contributed by atoms with Crippen molar-refractivity contribution in [2.75, 3.05) is 7.11 Å². The van der Waals surface area contributed by atoms with Gasteiger partial charge in [0.15, 0.2) is 0 Å². The Balaban J connectivity index is 2.41. The van der Waals surface area contributed by atoms with Gasteiger partial charge >= 0.3 is 0 Å². The van der Waals surface area contributed by atoms with Crippen LogP contribution in [0.3, 0.4) is 0 Å². The van der Waals surface area contributed by atoms with Crippen LogP contribution < -0.4 is 4.74 Å². The largest absolute Gasteiger partial charge is 0.496 e. The molecular weight excluding hydrogens is 299 g/mol. The first-order valence-electron chi connectivity index (χ1n) is 5.39. The molecule has 4 heteroatoms. The predicted octanol–water partition coefficient (Wildman–Crippen LogP) is 3.68. The first kappa shape index (κ1) is 13.1. The lowest BCUT2D eigenvalue weighted by atomic mass is 10.0. The summed E-state index contributed by atoms with van der Waals surface area (Å²) in [5.41, 5.74) is 1.10. The van der Waals surface area contributed by atoms with Crippen molar-refractivity contribution in [3.8, 4) is 5.75 Å². The summed E-state index contributed by atoms with van der Waals surface area (Å²) in [6.45, 7) is 0. The molecule has 0 aliphatic rings. The van der Waals surface area contributed by atoms with Gasteiger partial charge in [0.2, 0.25) is 0 Å². The van der Waals surface area contributed by atoms with Gasteiger partial charge in [-0.1, -0.05) is 28.1 Å². The van der Waals surface area contributed by atoms with Gasteiger partial charge in [-0.2, -0.15) is 0 Å². The van der Waals surface area contributed by atoms with E-state index >= 15 is 0 Å². The molecule has 0 saturated heterocycles. The number of benzene rings is 2. The molecule has 1 atom stereocenters. The summed E-state index contributed by atoms with van der Waals surface area (Å²) >= 11 is 3.32. The van der Waals surface area contributed by atoms with E-state index in [9.17, 15) is 9.50 Å². The second-order valence-corrected chi connectivity index (χ2v) is 4.76. The Kier molecular flexibility index (Phi) is 3.99. The van der Waals surface area contributed by atoms with E-state index in [0.717, 1.165) is 4.47 Å². The number of aliphatic hydroxyl groups excluding tert-OH is 1.